The molecule has 4 heteroatoms. The van der Waals surface area contributed by atoms with Gasteiger partial charge in [0.15, 0.2) is 5.96 Å². The van der Waals surface area contributed by atoms with E-state index in [0.29, 0.717) is 12.5 Å². The van der Waals surface area contributed by atoms with Gasteiger partial charge in [0.05, 0.1) is 6.54 Å². The molecule has 2 rings (SSSR count). The first-order valence-electron chi connectivity index (χ1n) is 6.57. The van der Waals surface area contributed by atoms with Crippen LogP contribution in [0.15, 0.2) is 53.5 Å². The zero-order chi connectivity index (χ0) is 14.4. The maximum atomic E-state index is 12.8. The van der Waals surface area contributed by atoms with E-state index in [1.54, 1.807) is 12.1 Å². The Morgan fingerprint density at radius 1 is 1.15 bits per heavy atom. The third-order valence-corrected chi connectivity index (χ3v) is 2.95. The number of halogens is 1. The highest BCUT2D eigenvalue weighted by Crippen LogP contribution is 2.11. The minimum Gasteiger partial charge on any atom is -0.370 e. The lowest BCUT2D eigenvalue weighted by Crippen LogP contribution is -2.22. The summed E-state index contributed by atoms with van der Waals surface area (Å²) in [5, 5.41) is 3.05. The van der Waals surface area contributed by atoms with Crippen LogP contribution in [0, 0.1) is 5.82 Å². The van der Waals surface area contributed by atoms with Crippen LogP contribution in [0.1, 0.15) is 18.1 Å². The number of nitrogens with one attached hydrogen (secondary N) is 1. The molecule has 0 saturated heterocycles. The van der Waals surface area contributed by atoms with E-state index < -0.39 is 0 Å². The lowest BCUT2D eigenvalue weighted by Gasteiger charge is -2.07. The molecule has 104 valence electrons. The summed E-state index contributed by atoms with van der Waals surface area (Å²) in [6.07, 6.45) is 0.974. The Morgan fingerprint density at radius 3 is 2.60 bits per heavy atom. The zero-order valence-corrected chi connectivity index (χ0v) is 11.4. The predicted molar refractivity (Wildman–Crippen MR) is 81.2 cm³/mol. The van der Waals surface area contributed by atoms with Gasteiger partial charge in [0, 0.05) is 5.69 Å². The molecule has 0 radical (unpaired) electrons. The van der Waals surface area contributed by atoms with E-state index in [9.17, 15) is 4.39 Å². The van der Waals surface area contributed by atoms with Crippen LogP contribution in [-0.2, 0) is 13.0 Å². The van der Waals surface area contributed by atoms with Crippen molar-refractivity contribution in [1.82, 2.24) is 0 Å². The fourth-order valence-electron chi connectivity index (χ4n) is 1.82. The number of guanidine groups is 1. The molecule has 2 aromatic rings. The molecular formula is C16H18FN3. The van der Waals surface area contributed by atoms with Crippen LogP contribution in [0.4, 0.5) is 10.1 Å². The van der Waals surface area contributed by atoms with Gasteiger partial charge < -0.3 is 11.1 Å². The van der Waals surface area contributed by atoms with Crippen molar-refractivity contribution in [3.8, 4) is 0 Å². The molecule has 0 aromatic heterocycles. The van der Waals surface area contributed by atoms with Crippen LogP contribution < -0.4 is 11.1 Å². The molecular weight excluding hydrogens is 253 g/mol. The van der Waals surface area contributed by atoms with Crippen molar-refractivity contribution in [2.45, 2.75) is 19.9 Å². The van der Waals surface area contributed by atoms with Gasteiger partial charge in [-0.1, -0.05) is 31.2 Å². The highest BCUT2D eigenvalue weighted by molar-refractivity contribution is 5.92. The SMILES string of the molecule is CCc1cccc(NC(N)=NCc2ccc(F)cc2)c1. The third-order valence-electron chi connectivity index (χ3n) is 2.95. The number of benzene rings is 2. The topological polar surface area (TPSA) is 50.4 Å². The highest BCUT2D eigenvalue weighted by Gasteiger charge is 1.97. The summed E-state index contributed by atoms with van der Waals surface area (Å²) in [5.41, 5.74) is 8.91. The first-order chi connectivity index (χ1) is 9.67. The monoisotopic (exact) mass is 271 g/mol. The van der Waals surface area contributed by atoms with Crippen LogP contribution in [0.3, 0.4) is 0 Å². The number of nitrogens with zero attached hydrogens (tertiary/aromatic N) is 1. The smallest absolute Gasteiger partial charge is 0.193 e. The molecule has 3 N–H and O–H groups in total. The maximum absolute atomic E-state index is 12.8. The molecule has 0 aliphatic heterocycles. The Bertz CT molecular complexity index is 591. The van der Waals surface area contributed by atoms with Crippen LogP contribution >= 0.6 is 0 Å². The van der Waals surface area contributed by atoms with Gasteiger partial charge in [-0.3, -0.25) is 0 Å². The standard InChI is InChI=1S/C16H18FN3/c1-2-12-4-3-5-15(10-12)20-16(18)19-11-13-6-8-14(17)9-7-13/h3-10H,2,11H2,1H3,(H3,18,19,20). The van der Waals surface area contributed by atoms with Gasteiger partial charge in [0.2, 0.25) is 0 Å². The number of hydrogen-bond donors (Lipinski definition) is 2. The minimum absolute atomic E-state index is 0.250. The van der Waals surface area contributed by atoms with E-state index in [4.69, 9.17) is 5.73 Å². The van der Waals surface area contributed by atoms with Crippen LogP contribution in [0.5, 0.6) is 0 Å². The van der Waals surface area contributed by atoms with Gasteiger partial charge in [-0.15, -0.1) is 0 Å². The molecule has 0 amide bonds. The molecule has 0 unspecified atom stereocenters. The Kier molecular flexibility index (Phi) is 4.71. The molecule has 0 aliphatic rings. The van der Waals surface area contributed by atoms with Crippen molar-refractivity contribution in [1.29, 1.82) is 0 Å². The second kappa shape index (κ2) is 6.70. The Morgan fingerprint density at radius 2 is 1.90 bits per heavy atom. The molecule has 0 fully saturated rings. The van der Waals surface area contributed by atoms with Gasteiger partial charge >= 0.3 is 0 Å². The summed E-state index contributed by atoms with van der Waals surface area (Å²) in [6, 6.07) is 14.3. The lowest BCUT2D eigenvalue weighted by molar-refractivity contribution is 0.627. The summed E-state index contributed by atoms with van der Waals surface area (Å²) in [6.45, 7) is 2.53. The number of nitrogens with two attached hydrogens (primary N) is 1. The van der Waals surface area contributed by atoms with Crippen LogP contribution in [0.25, 0.3) is 0 Å². The fourth-order valence-corrected chi connectivity index (χ4v) is 1.82. The number of aliphatic imine (C=N–C) groups is 1. The Labute approximate surface area is 118 Å². The average Bonchev–Trinajstić information content (AvgIpc) is 2.47. The Hall–Kier alpha value is -2.36. The van der Waals surface area contributed by atoms with Crippen LogP contribution in [-0.4, -0.2) is 5.96 Å². The van der Waals surface area contributed by atoms with E-state index in [0.717, 1.165) is 17.7 Å². The Balaban J connectivity index is 1.98. The van der Waals surface area contributed by atoms with Crippen molar-refractivity contribution in [2.24, 2.45) is 10.7 Å². The van der Waals surface area contributed by atoms with Gasteiger partial charge in [-0.2, -0.15) is 0 Å². The second-order valence-corrected chi connectivity index (χ2v) is 4.51. The van der Waals surface area contributed by atoms with E-state index in [2.05, 4.69) is 23.3 Å². The van der Waals surface area contributed by atoms with Gasteiger partial charge in [0.25, 0.3) is 0 Å². The average molecular weight is 271 g/mol. The van der Waals surface area contributed by atoms with E-state index >= 15 is 0 Å². The molecule has 0 spiro atoms. The van der Waals surface area contributed by atoms with Gasteiger partial charge in [0.1, 0.15) is 5.82 Å². The van der Waals surface area contributed by atoms with E-state index in [1.165, 1.54) is 17.7 Å². The molecule has 20 heavy (non-hydrogen) atoms. The van der Waals surface area contributed by atoms with Crippen molar-refractivity contribution in [3.05, 3.63) is 65.5 Å². The summed E-state index contributed by atoms with van der Waals surface area (Å²) in [5.74, 6) is 0.0998. The maximum Gasteiger partial charge on any atom is 0.193 e. The highest BCUT2D eigenvalue weighted by atomic mass is 19.1. The summed E-state index contributed by atoms with van der Waals surface area (Å²) in [4.78, 5) is 4.24. The third kappa shape index (κ3) is 4.09. The molecule has 0 heterocycles. The van der Waals surface area contributed by atoms with Gasteiger partial charge in [-0.05, 0) is 41.8 Å². The lowest BCUT2D eigenvalue weighted by atomic mass is 10.1. The summed E-state index contributed by atoms with van der Waals surface area (Å²) >= 11 is 0. The molecule has 0 saturated carbocycles. The number of aryl methyl sites for hydroxylation is 1. The molecule has 0 atom stereocenters. The largest absolute Gasteiger partial charge is 0.370 e. The second-order valence-electron chi connectivity index (χ2n) is 4.51. The van der Waals surface area contributed by atoms with E-state index in [-0.39, 0.29) is 5.82 Å². The van der Waals surface area contributed by atoms with Crippen molar-refractivity contribution >= 4 is 11.6 Å². The van der Waals surface area contributed by atoms with Crippen LogP contribution in [0.2, 0.25) is 0 Å². The fraction of sp³-hybridized carbons (Fsp3) is 0.188. The summed E-state index contributed by atoms with van der Waals surface area (Å²) < 4.78 is 12.8. The quantitative estimate of drug-likeness (QED) is 0.662. The normalized spacial score (nSPS) is 11.4. The van der Waals surface area contributed by atoms with E-state index in [1.807, 2.05) is 18.2 Å². The first kappa shape index (κ1) is 14.1. The molecule has 0 bridgehead atoms. The van der Waals surface area contributed by atoms with Gasteiger partial charge in [-0.25, -0.2) is 9.38 Å². The molecule has 2 aromatic carbocycles. The van der Waals surface area contributed by atoms with Crippen molar-refractivity contribution in [3.63, 3.8) is 0 Å². The number of hydrogen-bond acceptors (Lipinski definition) is 1. The minimum atomic E-state index is -0.250. The van der Waals surface area contributed by atoms with Crippen molar-refractivity contribution in [2.75, 3.05) is 5.32 Å². The zero-order valence-electron chi connectivity index (χ0n) is 11.4. The first-order valence-corrected chi connectivity index (χ1v) is 6.57. The predicted octanol–water partition coefficient (Wildman–Crippen LogP) is 3.31. The molecule has 3 nitrogen and oxygen atoms in total. The summed E-state index contributed by atoms with van der Waals surface area (Å²) in [7, 11) is 0. The molecule has 0 aliphatic carbocycles. The number of anilines is 1. The number of rotatable bonds is 4. The van der Waals surface area contributed by atoms with Crippen molar-refractivity contribution < 1.29 is 4.39 Å².